The van der Waals surface area contributed by atoms with E-state index in [4.69, 9.17) is 14.2 Å². The highest BCUT2D eigenvalue weighted by atomic mass is 16.7. The van der Waals surface area contributed by atoms with Crippen molar-refractivity contribution in [1.82, 2.24) is 4.90 Å². The number of carbonyl (C=O) groups is 1. The lowest BCUT2D eigenvalue weighted by molar-refractivity contribution is 0.00861. The number of rotatable bonds is 0. The molecule has 1 aromatic rings. The molecular formula is C19H23NO4. The average Bonchev–Trinajstić information content (AvgIpc) is 2.97. The van der Waals surface area contributed by atoms with Gasteiger partial charge in [-0.3, -0.25) is 4.90 Å². The highest BCUT2D eigenvalue weighted by Crippen LogP contribution is 2.45. The lowest BCUT2D eigenvalue weighted by Crippen LogP contribution is -2.48. The Labute approximate surface area is 142 Å². The number of allylic oxidation sites excluding steroid dienone is 1. The van der Waals surface area contributed by atoms with Crippen LogP contribution in [0.2, 0.25) is 0 Å². The van der Waals surface area contributed by atoms with Crippen molar-refractivity contribution < 1.29 is 19.0 Å². The van der Waals surface area contributed by atoms with Gasteiger partial charge in [-0.2, -0.15) is 0 Å². The van der Waals surface area contributed by atoms with Gasteiger partial charge < -0.3 is 14.2 Å². The summed E-state index contributed by atoms with van der Waals surface area (Å²) in [4.78, 5) is 14.6. The molecule has 0 saturated heterocycles. The minimum atomic E-state index is -0.494. The lowest BCUT2D eigenvalue weighted by Gasteiger charge is -2.43. The molecule has 0 unspecified atom stereocenters. The van der Waals surface area contributed by atoms with Crippen LogP contribution < -0.4 is 9.47 Å². The summed E-state index contributed by atoms with van der Waals surface area (Å²) in [6.45, 7) is 6.52. The molecule has 2 heterocycles. The normalized spacial score (nSPS) is 24.4. The molecule has 1 aliphatic carbocycles. The third kappa shape index (κ3) is 2.62. The molecule has 5 heteroatoms. The van der Waals surface area contributed by atoms with Crippen molar-refractivity contribution in [3.05, 3.63) is 35.4 Å². The quantitative estimate of drug-likeness (QED) is 0.676. The van der Waals surface area contributed by atoms with Crippen LogP contribution in [0, 0.1) is 0 Å². The lowest BCUT2D eigenvalue weighted by atomic mass is 9.78. The Morgan fingerprint density at radius 2 is 2.00 bits per heavy atom. The summed E-state index contributed by atoms with van der Waals surface area (Å²) < 4.78 is 16.7. The van der Waals surface area contributed by atoms with E-state index in [9.17, 15) is 4.79 Å². The fourth-order valence-corrected chi connectivity index (χ4v) is 3.75. The molecule has 0 spiro atoms. The van der Waals surface area contributed by atoms with Gasteiger partial charge in [0.05, 0.1) is 0 Å². The van der Waals surface area contributed by atoms with E-state index in [0.717, 1.165) is 29.9 Å². The second-order valence-electron chi connectivity index (χ2n) is 7.61. The molecule has 2 atom stereocenters. The SMILES string of the molecule is CC(C)(C)OC(=O)N1Cc2cc3c(cc2[C@@H]2C=CCC[C@@H]21)OCO3. The fourth-order valence-electron chi connectivity index (χ4n) is 3.75. The van der Waals surface area contributed by atoms with Crippen molar-refractivity contribution >= 4 is 6.09 Å². The molecule has 24 heavy (non-hydrogen) atoms. The van der Waals surface area contributed by atoms with Crippen LogP contribution in [-0.2, 0) is 11.3 Å². The van der Waals surface area contributed by atoms with Gasteiger partial charge in [-0.1, -0.05) is 12.2 Å². The van der Waals surface area contributed by atoms with Gasteiger partial charge in [0.15, 0.2) is 11.5 Å². The van der Waals surface area contributed by atoms with Crippen molar-refractivity contribution in [3.8, 4) is 11.5 Å². The predicted molar refractivity (Wildman–Crippen MR) is 89.2 cm³/mol. The first-order chi connectivity index (χ1) is 11.4. The van der Waals surface area contributed by atoms with Gasteiger partial charge in [0.2, 0.25) is 6.79 Å². The van der Waals surface area contributed by atoms with Crippen molar-refractivity contribution in [2.75, 3.05) is 6.79 Å². The highest BCUT2D eigenvalue weighted by Gasteiger charge is 2.40. The Morgan fingerprint density at radius 3 is 2.75 bits per heavy atom. The summed E-state index contributed by atoms with van der Waals surface area (Å²) in [6, 6.07) is 4.23. The molecule has 3 aliphatic rings. The van der Waals surface area contributed by atoms with Crippen LogP contribution in [0.3, 0.4) is 0 Å². The van der Waals surface area contributed by atoms with Crippen LogP contribution >= 0.6 is 0 Å². The van der Waals surface area contributed by atoms with Gasteiger partial charge in [0.1, 0.15) is 5.60 Å². The van der Waals surface area contributed by atoms with E-state index in [2.05, 4.69) is 18.2 Å². The summed E-state index contributed by atoms with van der Waals surface area (Å²) in [5.74, 6) is 1.75. The zero-order valence-corrected chi connectivity index (χ0v) is 14.4. The molecule has 0 bridgehead atoms. The molecule has 0 fully saturated rings. The molecule has 0 N–H and O–H groups in total. The smallest absolute Gasteiger partial charge is 0.410 e. The number of benzene rings is 1. The van der Waals surface area contributed by atoms with Crippen LogP contribution in [0.25, 0.3) is 0 Å². The molecule has 0 saturated carbocycles. The molecule has 5 nitrogen and oxygen atoms in total. The molecule has 0 aromatic heterocycles. The van der Waals surface area contributed by atoms with E-state index in [0.29, 0.717) is 6.54 Å². The molecule has 2 aliphatic heterocycles. The molecular weight excluding hydrogens is 306 g/mol. The van der Waals surface area contributed by atoms with Crippen LogP contribution in [0.5, 0.6) is 11.5 Å². The van der Waals surface area contributed by atoms with Crippen molar-refractivity contribution in [1.29, 1.82) is 0 Å². The summed E-state index contributed by atoms with van der Waals surface area (Å²) >= 11 is 0. The maximum atomic E-state index is 12.7. The topological polar surface area (TPSA) is 48.0 Å². The molecule has 0 radical (unpaired) electrons. The monoisotopic (exact) mass is 329 g/mol. The predicted octanol–water partition coefficient (Wildman–Crippen LogP) is 3.97. The van der Waals surface area contributed by atoms with E-state index in [1.165, 1.54) is 5.56 Å². The van der Waals surface area contributed by atoms with Crippen molar-refractivity contribution in [2.24, 2.45) is 0 Å². The van der Waals surface area contributed by atoms with E-state index in [1.54, 1.807) is 0 Å². The first kappa shape index (κ1) is 15.4. The number of carbonyl (C=O) groups excluding carboxylic acids is 1. The molecule has 1 aromatic carbocycles. The summed E-state index contributed by atoms with van der Waals surface area (Å²) in [5, 5.41) is 0. The first-order valence-electron chi connectivity index (χ1n) is 8.51. The van der Waals surface area contributed by atoms with Gasteiger partial charge in [0.25, 0.3) is 0 Å². The summed E-state index contributed by atoms with van der Waals surface area (Å²) in [7, 11) is 0. The largest absolute Gasteiger partial charge is 0.454 e. The number of ether oxygens (including phenoxy) is 3. The fraction of sp³-hybridized carbons (Fsp3) is 0.526. The maximum Gasteiger partial charge on any atom is 0.410 e. The Bertz CT molecular complexity index is 704. The third-order valence-electron chi connectivity index (χ3n) is 4.75. The van der Waals surface area contributed by atoms with Gasteiger partial charge in [-0.25, -0.2) is 4.79 Å². The first-order valence-corrected chi connectivity index (χ1v) is 8.51. The van der Waals surface area contributed by atoms with Gasteiger partial charge in [-0.15, -0.1) is 0 Å². The van der Waals surface area contributed by atoms with Gasteiger partial charge >= 0.3 is 6.09 Å². The Balaban J connectivity index is 1.72. The minimum Gasteiger partial charge on any atom is -0.454 e. The molecule has 128 valence electrons. The standard InChI is InChI=1S/C19H23NO4/c1-19(2,3)24-18(21)20-10-12-8-16-17(23-11-22-16)9-14(12)13-6-4-5-7-15(13)20/h4,6,8-9,13,15H,5,7,10-11H2,1-3H3/t13-,15-/m0/s1. The molecule has 1 amide bonds. The van der Waals surface area contributed by atoms with Crippen LogP contribution in [0.1, 0.15) is 50.7 Å². The Morgan fingerprint density at radius 1 is 1.25 bits per heavy atom. The number of fused-ring (bicyclic) bond motifs is 4. The van der Waals surface area contributed by atoms with Crippen molar-refractivity contribution in [2.45, 2.75) is 57.7 Å². The minimum absolute atomic E-state index is 0.137. The van der Waals surface area contributed by atoms with Crippen molar-refractivity contribution in [3.63, 3.8) is 0 Å². The van der Waals surface area contributed by atoms with Crippen LogP contribution in [-0.4, -0.2) is 29.4 Å². The van der Waals surface area contributed by atoms with Crippen LogP contribution in [0.4, 0.5) is 4.79 Å². The average molecular weight is 329 g/mol. The van der Waals surface area contributed by atoms with E-state index in [-0.39, 0.29) is 24.8 Å². The van der Waals surface area contributed by atoms with Gasteiger partial charge in [0, 0.05) is 18.5 Å². The number of hydrogen-bond donors (Lipinski definition) is 0. The Hall–Kier alpha value is -2.17. The zero-order valence-electron chi connectivity index (χ0n) is 14.4. The zero-order chi connectivity index (χ0) is 16.9. The second-order valence-corrected chi connectivity index (χ2v) is 7.61. The number of hydrogen-bond acceptors (Lipinski definition) is 4. The number of amides is 1. The van der Waals surface area contributed by atoms with E-state index < -0.39 is 5.60 Å². The maximum absolute atomic E-state index is 12.7. The molecule has 4 rings (SSSR count). The van der Waals surface area contributed by atoms with E-state index >= 15 is 0 Å². The highest BCUT2D eigenvalue weighted by molar-refractivity contribution is 5.70. The summed E-state index contributed by atoms with van der Waals surface area (Å²) in [5.41, 5.74) is 1.85. The van der Waals surface area contributed by atoms with E-state index in [1.807, 2.05) is 31.7 Å². The number of nitrogens with zero attached hydrogens (tertiary/aromatic N) is 1. The van der Waals surface area contributed by atoms with Gasteiger partial charge in [-0.05, 0) is 56.9 Å². The summed E-state index contributed by atoms with van der Waals surface area (Å²) in [6.07, 6.45) is 6.12. The van der Waals surface area contributed by atoms with Crippen LogP contribution in [0.15, 0.2) is 24.3 Å². The Kier molecular flexibility index (Phi) is 3.48. The third-order valence-corrected chi connectivity index (χ3v) is 4.75. The second kappa shape index (κ2) is 5.43.